The largest absolute Gasteiger partial charge is 0.394 e. The van der Waals surface area contributed by atoms with Gasteiger partial charge in [0, 0.05) is 22.9 Å². The molecule has 1 aliphatic rings. The van der Waals surface area contributed by atoms with E-state index in [1.54, 1.807) is 0 Å². The van der Waals surface area contributed by atoms with E-state index in [2.05, 4.69) is 35.2 Å². The second-order valence-corrected chi connectivity index (χ2v) is 5.83. The van der Waals surface area contributed by atoms with Crippen molar-refractivity contribution in [1.29, 1.82) is 0 Å². The monoisotopic (exact) mass is 317 g/mol. The molecule has 3 nitrogen and oxygen atoms in total. The van der Waals surface area contributed by atoms with E-state index >= 15 is 0 Å². The number of aryl methyl sites for hydroxylation is 2. The molecule has 0 amide bonds. The zero-order chi connectivity index (χ0) is 15.4. The van der Waals surface area contributed by atoms with Crippen molar-refractivity contribution in [2.24, 2.45) is 0 Å². The average Bonchev–Trinajstić information content (AvgIpc) is 2.69. The van der Waals surface area contributed by atoms with Crippen molar-refractivity contribution in [1.82, 2.24) is 0 Å². The van der Waals surface area contributed by atoms with Crippen LogP contribution in [0.1, 0.15) is 11.1 Å². The predicted molar refractivity (Wildman–Crippen MR) is 90.2 cm³/mol. The number of benzene rings is 2. The van der Waals surface area contributed by atoms with Crippen LogP contribution in [0.5, 0.6) is 0 Å². The molecule has 0 unspecified atom stereocenters. The molecule has 1 N–H and O–H groups in total. The standard InChI is InChI=1S/C18H20ClNO2/c19-16-8-7-15-6-5-14-3-1-2-4-17(14)20(18(15)13-16)9-11-22-12-10-21/h1-4,7-8,13,21H,5-6,9-12H2. The first-order chi connectivity index (χ1) is 10.8. The molecule has 3 rings (SSSR count). The molecule has 0 saturated carbocycles. The van der Waals surface area contributed by atoms with Gasteiger partial charge in [-0.15, -0.1) is 0 Å². The SMILES string of the molecule is OCCOCCN1c2ccccc2CCc2ccc(Cl)cc21. The van der Waals surface area contributed by atoms with E-state index in [0.29, 0.717) is 13.2 Å². The summed E-state index contributed by atoms with van der Waals surface area (Å²) in [5, 5.41) is 9.59. The highest BCUT2D eigenvalue weighted by Gasteiger charge is 2.20. The number of ether oxygens (including phenoxy) is 1. The van der Waals surface area contributed by atoms with Gasteiger partial charge in [0.15, 0.2) is 0 Å². The molecule has 0 bridgehead atoms. The van der Waals surface area contributed by atoms with Gasteiger partial charge >= 0.3 is 0 Å². The lowest BCUT2D eigenvalue weighted by molar-refractivity contribution is 0.0975. The van der Waals surface area contributed by atoms with Crippen LogP contribution in [0, 0.1) is 0 Å². The Morgan fingerprint density at radius 1 is 1.00 bits per heavy atom. The summed E-state index contributed by atoms with van der Waals surface area (Å²) < 4.78 is 5.46. The molecule has 0 aromatic heterocycles. The zero-order valence-electron chi connectivity index (χ0n) is 12.5. The highest BCUT2D eigenvalue weighted by atomic mass is 35.5. The maximum Gasteiger partial charge on any atom is 0.0698 e. The second-order valence-electron chi connectivity index (χ2n) is 5.39. The Bertz CT molecular complexity index is 645. The van der Waals surface area contributed by atoms with E-state index in [0.717, 1.165) is 30.1 Å². The van der Waals surface area contributed by atoms with Crippen LogP contribution in [0.2, 0.25) is 5.02 Å². The zero-order valence-corrected chi connectivity index (χ0v) is 13.2. The normalized spacial score (nSPS) is 13.5. The Hall–Kier alpha value is -1.55. The Balaban J connectivity index is 1.95. The number of aliphatic hydroxyl groups is 1. The first kappa shape index (κ1) is 15.3. The third-order valence-electron chi connectivity index (χ3n) is 3.98. The van der Waals surface area contributed by atoms with Crippen molar-refractivity contribution in [3.8, 4) is 0 Å². The van der Waals surface area contributed by atoms with E-state index in [1.165, 1.54) is 16.8 Å². The number of hydrogen-bond donors (Lipinski definition) is 1. The number of aliphatic hydroxyl groups excluding tert-OH is 1. The number of rotatable bonds is 5. The molecule has 2 aromatic rings. The molecule has 0 saturated heterocycles. The molecule has 116 valence electrons. The van der Waals surface area contributed by atoms with Crippen molar-refractivity contribution in [3.63, 3.8) is 0 Å². The van der Waals surface area contributed by atoms with Gasteiger partial charge in [-0.3, -0.25) is 0 Å². The molecule has 0 fully saturated rings. The number of halogens is 1. The number of anilines is 2. The van der Waals surface area contributed by atoms with Crippen LogP contribution >= 0.6 is 11.6 Å². The van der Waals surface area contributed by atoms with Crippen LogP contribution < -0.4 is 4.90 Å². The minimum atomic E-state index is 0.0546. The lowest BCUT2D eigenvalue weighted by Gasteiger charge is -2.27. The molecule has 1 heterocycles. The van der Waals surface area contributed by atoms with Gasteiger partial charge in [-0.1, -0.05) is 35.9 Å². The molecule has 4 heteroatoms. The van der Waals surface area contributed by atoms with Crippen LogP contribution in [0.3, 0.4) is 0 Å². The fourth-order valence-corrected chi connectivity index (χ4v) is 3.11. The van der Waals surface area contributed by atoms with Crippen LogP contribution in [0.25, 0.3) is 0 Å². The Kier molecular flexibility index (Phi) is 4.98. The molecular formula is C18H20ClNO2. The smallest absolute Gasteiger partial charge is 0.0698 e. The van der Waals surface area contributed by atoms with E-state index in [9.17, 15) is 0 Å². The van der Waals surface area contributed by atoms with Crippen molar-refractivity contribution < 1.29 is 9.84 Å². The minimum Gasteiger partial charge on any atom is -0.394 e. The van der Waals surface area contributed by atoms with Crippen molar-refractivity contribution in [3.05, 3.63) is 58.6 Å². The number of para-hydroxylation sites is 1. The van der Waals surface area contributed by atoms with Gasteiger partial charge in [-0.05, 0) is 42.2 Å². The average molecular weight is 318 g/mol. The summed E-state index contributed by atoms with van der Waals surface area (Å²) >= 11 is 6.22. The van der Waals surface area contributed by atoms with Crippen molar-refractivity contribution in [2.45, 2.75) is 12.8 Å². The van der Waals surface area contributed by atoms with Gasteiger partial charge in [-0.2, -0.15) is 0 Å². The lowest BCUT2D eigenvalue weighted by atomic mass is 10.0. The predicted octanol–water partition coefficient (Wildman–Crippen LogP) is 3.59. The molecular weight excluding hydrogens is 298 g/mol. The van der Waals surface area contributed by atoms with Gasteiger partial charge in [0.1, 0.15) is 0 Å². The van der Waals surface area contributed by atoms with E-state index < -0.39 is 0 Å². The first-order valence-electron chi connectivity index (χ1n) is 7.62. The van der Waals surface area contributed by atoms with Gasteiger partial charge in [0.05, 0.1) is 19.8 Å². The molecule has 0 radical (unpaired) electrons. The second kappa shape index (κ2) is 7.14. The highest BCUT2D eigenvalue weighted by Crippen LogP contribution is 2.37. The quantitative estimate of drug-likeness (QED) is 0.856. The van der Waals surface area contributed by atoms with Gasteiger partial charge in [0.2, 0.25) is 0 Å². The van der Waals surface area contributed by atoms with Gasteiger partial charge in [0.25, 0.3) is 0 Å². The van der Waals surface area contributed by atoms with Crippen LogP contribution in [0.4, 0.5) is 11.4 Å². The summed E-state index contributed by atoms with van der Waals surface area (Å²) in [6.07, 6.45) is 2.04. The third kappa shape index (κ3) is 3.27. The molecule has 22 heavy (non-hydrogen) atoms. The molecule has 2 aromatic carbocycles. The summed E-state index contributed by atoms with van der Waals surface area (Å²) in [6.45, 7) is 1.74. The minimum absolute atomic E-state index is 0.0546. The molecule has 1 aliphatic heterocycles. The number of nitrogens with zero attached hydrogens (tertiary/aromatic N) is 1. The van der Waals surface area contributed by atoms with Gasteiger partial charge in [-0.25, -0.2) is 0 Å². The summed E-state index contributed by atoms with van der Waals surface area (Å²) in [6, 6.07) is 14.6. The lowest BCUT2D eigenvalue weighted by Crippen LogP contribution is -2.24. The van der Waals surface area contributed by atoms with E-state index in [4.69, 9.17) is 21.4 Å². The maximum absolute atomic E-state index is 8.84. The Morgan fingerprint density at radius 2 is 1.77 bits per heavy atom. The van der Waals surface area contributed by atoms with Crippen molar-refractivity contribution in [2.75, 3.05) is 31.3 Å². The van der Waals surface area contributed by atoms with Gasteiger partial charge < -0.3 is 14.7 Å². The summed E-state index contributed by atoms with van der Waals surface area (Å²) in [7, 11) is 0. The number of fused-ring (bicyclic) bond motifs is 2. The molecule has 0 aliphatic carbocycles. The Labute approximate surface area is 136 Å². The summed E-state index contributed by atoms with van der Waals surface area (Å²) in [5.74, 6) is 0. The molecule has 0 spiro atoms. The van der Waals surface area contributed by atoms with Crippen LogP contribution in [0.15, 0.2) is 42.5 Å². The molecule has 0 atom stereocenters. The Morgan fingerprint density at radius 3 is 2.59 bits per heavy atom. The van der Waals surface area contributed by atoms with Crippen LogP contribution in [-0.2, 0) is 17.6 Å². The topological polar surface area (TPSA) is 32.7 Å². The summed E-state index contributed by atoms with van der Waals surface area (Å²) in [4.78, 5) is 2.28. The maximum atomic E-state index is 8.84. The highest BCUT2D eigenvalue weighted by molar-refractivity contribution is 6.30. The third-order valence-corrected chi connectivity index (χ3v) is 4.21. The first-order valence-corrected chi connectivity index (χ1v) is 8.00. The van der Waals surface area contributed by atoms with Crippen molar-refractivity contribution >= 4 is 23.0 Å². The fraction of sp³-hybridized carbons (Fsp3) is 0.333. The number of hydrogen-bond acceptors (Lipinski definition) is 3. The van der Waals surface area contributed by atoms with Crippen LogP contribution in [-0.4, -0.2) is 31.5 Å². The van der Waals surface area contributed by atoms with E-state index in [1.807, 2.05) is 12.1 Å². The summed E-state index contributed by atoms with van der Waals surface area (Å²) in [5.41, 5.74) is 5.03. The van der Waals surface area contributed by atoms with E-state index in [-0.39, 0.29) is 6.61 Å². The fourth-order valence-electron chi connectivity index (χ4n) is 2.95.